The van der Waals surface area contributed by atoms with Gasteiger partial charge in [0.15, 0.2) is 5.78 Å². The Labute approximate surface area is 164 Å². The first-order chi connectivity index (χ1) is 12.0. The third-order valence-corrected chi connectivity index (χ3v) is 9.90. The van der Waals surface area contributed by atoms with E-state index >= 15 is 0 Å². The minimum Gasteiger partial charge on any atom is -0.392 e. The van der Waals surface area contributed by atoms with E-state index in [2.05, 4.69) is 41.5 Å². The van der Waals surface area contributed by atoms with Crippen molar-refractivity contribution in [2.24, 2.45) is 28.6 Å². The highest BCUT2D eigenvalue weighted by Crippen LogP contribution is 2.68. The lowest BCUT2D eigenvalue weighted by Gasteiger charge is -2.61. The molecular formula is C22H38O3S. The maximum absolute atomic E-state index is 13.7. The van der Waals surface area contributed by atoms with Crippen LogP contribution in [0.3, 0.4) is 0 Å². The molecule has 0 aromatic rings. The maximum atomic E-state index is 13.7. The van der Waals surface area contributed by atoms with Gasteiger partial charge in [-0.2, -0.15) is 0 Å². The van der Waals surface area contributed by atoms with Crippen molar-refractivity contribution in [3.8, 4) is 0 Å². The first kappa shape index (κ1) is 20.7. The maximum Gasteiger partial charge on any atom is 0.152 e. The average Bonchev–Trinajstić information content (AvgIpc) is 2.96. The van der Waals surface area contributed by atoms with Crippen molar-refractivity contribution < 1.29 is 14.6 Å². The molecule has 0 aliphatic heterocycles. The Morgan fingerprint density at radius 1 is 1.19 bits per heavy atom. The zero-order valence-corrected chi connectivity index (χ0v) is 18.5. The number of ether oxygens (including phenoxy) is 1. The fraction of sp³-hybridized carbons (Fsp3) is 0.955. The van der Waals surface area contributed by atoms with Gasteiger partial charge in [-0.1, -0.05) is 34.6 Å². The SMILES string of the molecule is CO[C@@H]1CCC23CC[C@@H](C)[C@](C)(C12)[C@H](O)C[C@@](C)(SC(C)C)C(=O)[C@@H]3C. The highest BCUT2D eigenvalue weighted by molar-refractivity contribution is 8.01. The van der Waals surface area contributed by atoms with E-state index in [1.165, 1.54) is 0 Å². The number of aliphatic hydroxyl groups is 1. The van der Waals surface area contributed by atoms with Crippen molar-refractivity contribution in [3.05, 3.63) is 0 Å². The summed E-state index contributed by atoms with van der Waals surface area (Å²) < 4.78 is 5.44. The van der Waals surface area contributed by atoms with Gasteiger partial charge in [-0.25, -0.2) is 0 Å². The molecule has 0 radical (unpaired) electrons. The van der Waals surface area contributed by atoms with Gasteiger partial charge in [-0.05, 0) is 56.3 Å². The molecule has 0 heterocycles. The Kier molecular flexibility index (Phi) is 5.38. The Morgan fingerprint density at radius 3 is 2.38 bits per heavy atom. The van der Waals surface area contributed by atoms with Crippen molar-refractivity contribution in [1.82, 2.24) is 0 Å². The second-order valence-electron chi connectivity index (χ2n) is 10.0. The van der Waals surface area contributed by atoms with Crippen molar-refractivity contribution in [3.63, 3.8) is 0 Å². The van der Waals surface area contributed by atoms with Gasteiger partial charge in [-0.15, -0.1) is 11.8 Å². The van der Waals surface area contributed by atoms with E-state index in [1.807, 2.05) is 7.11 Å². The standard InChI is InChI=1S/C22H38O3S/c1-13(2)26-20(5)12-17(23)21(6)14(3)8-10-22(15(4)19(20)24)11-9-16(25-7)18(21)22/h13-18,23H,8-12H2,1-7H3/t14-,15+,16-,17-,18?,20-,21+,22?/m1/s1. The molecule has 26 heavy (non-hydrogen) atoms. The summed E-state index contributed by atoms with van der Waals surface area (Å²) in [7, 11) is 1.81. The molecule has 2 bridgehead atoms. The Morgan fingerprint density at radius 2 is 1.81 bits per heavy atom. The van der Waals surface area contributed by atoms with Gasteiger partial charge in [0.05, 0.1) is 17.0 Å². The summed E-state index contributed by atoms with van der Waals surface area (Å²) in [6.45, 7) is 13.2. The second-order valence-corrected chi connectivity index (χ2v) is 12.1. The highest BCUT2D eigenvalue weighted by Gasteiger charge is 2.67. The number of methoxy groups -OCH3 is 1. The van der Waals surface area contributed by atoms with Crippen LogP contribution in [-0.2, 0) is 9.53 Å². The van der Waals surface area contributed by atoms with Crippen molar-refractivity contribution in [2.75, 3.05) is 7.11 Å². The summed E-state index contributed by atoms with van der Waals surface area (Å²) in [6, 6.07) is 0. The van der Waals surface area contributed by atoms with Crippen LogP contribution in [0.4, 0.5) is 0 Å². The molecule has 150 valence electrons. The number of aliphatic hydroxyl groups excluding tert-OH is 1. The van der Waals surface area contributed by atoms with Gasteiger partial charge in [0.2, 0.25) is 0 Å². The second kappa shape index (κ2) is 6.77. The molecule has 0 saturated heterocycles. The number of hydrogen-bond acceptors (Lipinski definition) is 4. The Balaban J connectivity index is 2.15. The molecule has 3 aliphatic carbocycles. The number of ketones is 1. The number of hydrogen-bond donors (Lipinski definition) is 1. The molecule has 2 unspecified atom stereocenters. The third kappa shape index (κ3) is 2.73. The predicted octanol–water partition coefficient (Wildman–Crippen LogP) is 4.70. The van der Waals surface area contributed by atoms with E-state index in [0.717, 1.165) is 25.7 Å². The lowest BCUT2D eigenvalue weighted by Crippen LogP contribution is -2.63. The van der Waals surface area contributed by atoms with Crippen molar-refractivity contribution in [1.29, 1.82) is 0 Å². The molecule has 0 aromatic heterocycles. The molecule has 0 aromatic carbocycles. The molecule has 3 aliphatic rings. The van der Waals surface area contributed by atoms with Crippen LogP contribution in [0.2, 0.25) is 0 Å². The van der Waals surface area contributed by atoms with E-state index in [-0.39, 0.29) is 28.8 Å². The summed E-state index contributed by atoms with van der Waals surface area (Å²) in [4.78, 5) is 13.7. The molecule has 3 fully saturated rings. The van der Waals surface area contributed by atoms with E-state index in [9.17, 15) is 9.90 Å². The normalized spacial score (nSPS) is 51.9. The third-order valence-electron chi connectivity index (χ3n) is 8.54. The summed E-state index contributed by atoms with van der Waals surface area (Å²) in [5, 5.41) is 11.9. The molecular weight excluding hydrogens is 344 g/mol. The van der Waals surface area contributed by atoms with Crippen LogP contribution in [0, 0.1) is 28.6 Å². The molecule has 3 saturated carbocycles. The minimum absolute atomic E-state index is 0.0147. The molecule has 8 atom stereocenters. The van der Waals surface area contributed by atoms with Crippen LogP contribution >= 0.6 is 11.8 Å². The summed E-state index contributed by atoms with van der Waals surface area (Å²) in [6.07, 6.45) is 4.52. The van der Waals surface area contributed by atoms with Crippen molar-refractivity contribution >= 4 is 17.5 Å². The fourth-order valence-electron chi connectivity index (χ4n) is 7.03. The van der Waals surface area contributed by atoms with Gasteiger partial charge in [0.1, 0.15) is 0 Å². The van der Waals surface area contributed by atoms with Gasteiger partial charge in [0.25, 0.3) is 0 Å². The van der Waals surface area contributed by atoms with Crippen LogP contribution in [0.5, 0.6) is 0 Å². The van der Waals surface area contributed by atoms with Crippen molar-refractivity contribution in [2.45, 2.75) is 95.9 Å². The lowest BCUT2D eigenvalue weighted by atomic mass is 9.45. The first-order valence-electron chi connectivity index (χ1n) is 10.5. The molecule has 0 spiro atoms. The highest BCUT2D eigenvalue weighted by atomic mass is 32.2. The van der Waals surface area contributed by atoms with Gasteiger partial charge in [-0.3, -0.25) is 4.79 Å². The summed E-state index contributed by atoms with van der Waals surface area (Å²) >= 11 is 1.75. The first-order valence-corrected chi connectivity index (χ1v) is 11.3. The Hall–Kier alpha value is -0.0600. The molecule has 4 heteroatoms. The van der Waals surface area contributed by atoms with E-state index < -0.39 is 10.9 Å². The van der Waals surface area contributed by atoms with Gasteiger partial charge < -0.3 is 9.84 Å². The van der Waals surface area contributed by atoms with Gasteiger partial charge >= 0.3 is 0 Å². The number of Topliss-reactive ketones (excluding diaryl/α,β-unsaturated/α-hetero) is 1. The quantitative estimate of drug-likeness (QED) is 0.768. The number of carbonyl (C=O) groups excluding carboxylic acids is 1. The van der Waals surface area contributed by atoms with Crippen LogP contribution in [-0.4, -0.2) is 40.2 Å². The van der Waals surface area contributed by atoms with Crippen LogP contribution < -0.4 is 0 Å². The van der Waals surface area contributed by atoms with Crippen LogP contribution in [0.15, 0.2) is 0 Å². The number of rotatable bonds is 3. The summed E-state index contributed by atoms with van der Waals surface area (Å²) in [5.41, 5.74) is -0.206. The Bertz CT molecular complexity index is 564. The van der Waals surface area contributed by atoms with E-state index in [1.54, 1.807) is 11.8 Å². The zero-order chi connectivity index (χ0) is 19.5. The minimum atomic E-state index is -0.506. The zero-order valence-electron chi connectivity index (χ0n) is 17.7. The average molecular weight is 383 g/mol. The monoisotopic (exact) mass is 382 g/mol. The smallest absolute Gasteiger partial charge is 0.152 e. The largest absolute Gasteiger partial charge is 0.392 e. The molecule has 1 N–H and O–H groups in total. The molecule has 0 amide bonds. The van der Waals surface area contributed by atoms with E-state index in [0.29, 0.717) is 23.4 Å². The summed E-state index contributed by atoms with van der Waals surface area (Å²) in [5.74, 6) is 1.10. The van der Waals surface area contributed by atoms with Crippen LogP contribution in [0.25, 0.3) is 0 Å². The topological polar surface area (TPSA) is 46.5 Å². The van der Waals surface area contributed by atoms with E-state index in [4.69, 9.17) is 4.74 Å². The number of thioether (sulfide) groups is 1. The molecule has 3 rings (SSSR count). The number of carbonyl (C=O) groups is 1. The van der Waals surface area contributed by atoms with Gasteiger partial charge in [0, 0.05) is 23.7 Å². The lowest BCUT2D eigenvalue weighted by molar-refractivity contribution is -0.182. The predicted molar refractivity (Wildman–Crippen MR) is 108 cm³/mol. The van der Waals surface area contributed by atoms with Crippen LogP contribution in [0.1, 0.15) is 73.6 Å². The fourth-order valence-corrected chi connectivity index (χ4v) is 8.62. The molecule has 3 nitrogen and oxygen atoms in total.